The fraction of sp³-hybridized carbons (Fsp3) is 0.316. The van der Waals surface area contributed by atoms with Crippen molar-refractivity contribution in [3.8, 4) is 17.2 Å². The summed E-state index contributed by atoms with van der Waals surface area (Å²) in [6.07, 6.45) is 0. The highest BCUT2D eigenvalue weighted by Gasteiger charge is 2.16. The summed E-state index contributed by atoms with van der Waals surface area (Å²) >= 11 is 11.9. The molecule has 2 N–H and O–H groups in total. The van der Waals surface area contributed by atoms with Gasteiger partial charge in [0.15, 0.2) is 11.5 Å². The lowest BCUT2D eigenvalue weighted by atomic mass is 10.2. The summed E-state index contributed by atoms with van der Waals surface area (Å²) in [5.74, 6) is 1.49. The highest BCUT2D eigenvalue weighted by Crippen LogP contribution is 2.40. The van der Waals surface area contributed by atoms with Crippen molar-refractivity contribution in [2.75, 3.05) is 30.5 Å². The summed E-state index contributed by atoms with van der Waals surface area (Å²) in [7, 11) is 0. The predicted molar refractivity (Wildman–Crippen MR) is 109 cm³/mol. The van der Waals surface area contributed by atoms with Crippen LogP contribution in [0.15, 0.2) is 30.3 Å². The molecular formula is C19H22Cl2N2O4. The summed E-state index contributed by atoms with van der Waals surface area (Å²) in [6, 6.07) is 7.69. The summed E-state index contributed by atoms with van der Waals surface area (Å²) < 4.78 is 16.9. The second kappa shape index (κ2) is 10.1. The minimum Gasteiger partial charge on any atom is -0.490 e. The molecule has 0 saturated heterocycles. The Kier molecular flexibility index (Phi) is 7.88. The van der Waals surface area contributed by atoms with E-state index in [1.165, 1.54) is 0 Å². The number of carbonyl (C=O) groups is 1. The molecule has 0 bridgehead atoms. The van der Waals surface area contributed by atoms with Gasteiger partial charge in [-0.1, -0.05) is 23.2 Å². The highest BCUT2D eigenvalue weighted by molar-refractivity contribution is 6.35. The van der Waals surface area contributed by atoms with Gasteiger partial charge in [-0.05, 0) is 39.0 Å². The van der Waals surface area contributed by atoms with Crippen molar-refractivity contribution in [1.29, 1.82) is 0 Å². The lowest BCUT2D eigenvalue weighted by Gasteiger charge is -2.17. The third-order valence-corrected chi connectivity index (χ3v) is 3.72. The van der Waals surface area contributed by atoms with Crippen molar-refractivity contribution in [3.05, 3.63) is 40.4 Å². The number of benzene rings is 2. The fourth-order valence-corrected chi connectivity index (χ4v) is 2.91. The normalized spacial score (nSPS) is 10.3. The monoisotopic (exact) mass is 412 g/mol. The van der Waals surface area contributed by atoms with E-state index < -0.39 is 6.03 Å². The van der Waals surface area contributed by atoms with Crippen LogP contribution in [0.3, 0.4) is 0 Å². The highest BCUT2D eigenvalue weighted by atomic mass is 35.5. The molecule has 27 heavy (non-hydrogen) atoms. The van der Waals surface area contributed by atoms with Crippen LogP contribution in [0.4, 0.5) is 16.2 Å². The third-order valence-electron chi connectivity index (χ3n) is 3.29. The number of rotatable bonds is 8. The number of nitrogens with one attached hydrogen (secondary N) is 2. The van der Waals surface area contributed by atoms with Crippen LogP contribution in [0.25, 0.3) is 0 Å². The van der Waals surface area contributed by atoms with Crippen LogP contribution in [0.2, 0.25) is 10.0 Å². The molecule has 146 valence electrons. The molecule has 8 heteroatoms. The molecule has 0 atom stereocenters. The van der Waals surface area contributed by atoms with Crippen LogP contribution in [0.5, 0.6) is 17.2 Å². The van der Waals surface area contributed by atoms with Gasteiger partial charge in [-0.25, -0.2) is 4.79 Å². The number of anilines is 2. The van der Waals surface area contributed by atoms with E-state index in [4.69, 9.17) is 37.4 Å². The Morgan fingerprint density at radius 3 is 1.67 bits per heavy atom. The second-order valence-corrected chi connectivity index (χ2v) is 6.21. The van der Waals surface area contributed by atoms with E-state index in [2.05, 4.69) is 10.6 Å². The molecule has 0 unspecified atom stereocenters. The van der Waals surface area contributed by atoms with E-state index in [1.54, 1.807) is 30.3 Å². The molecule has 2 aromatic carbocycles. The van der Waals surface area contributed by atoms with E-state index in [-0.39, 0.29) is 0 Å². The SMILES string of the molecule is CCOc1cc(NC(=O)Nc2cc(Cl)cc(Cl)c2)cc(OCC)c1OCC. The zero-order valence-electron chi connectivity index (χ0n) is 15.4. The Morgan fingerprint density at radius 1 is 0.778 bits per heavy atom. The van der Waals surface area contributed by atoms with Gasteiger partial charge >= 0.3 is 6.03 Å². The Labute approximate surface area is 168 Å². The molecule has 0 radical (unpaired) electrons. The molecular weight excluding hydrogens is 391 g/mol. The number of ether oxygens (including phenoxy) is 3. The van der Waals surface area contributed by atoms with Crippen LogP contribution in [-0.4, -0.2) is 25.9 Å². The first-order valence-corrected chi connectivity index (χ1v) is 9.32. The predicted octanol–water partition coefficient (Wildman–Crippen LogP) is 5.83. The lowest BCUT2D eigenvalue weighted by Crippen LogP contribution is -2.19. The average Bonchev–Trinajstić information content (AvgIpc) is 2.57. The molecule has 2 amide bonds. The molecule has 0 aromatic heterocycles. The number of hydrogen-bond donors (Lipinski definition) is 2. The van der Waals surface area contributed by atoms with Gasteiger partial charge in [0.2, 0.25) is 5.75 Å². The zero-order chi connectivity index (χ0) is 19.8. The standard InChI is InChI=1S/C19H22Cl2N2O4/c1-4-25-16-10-15(11-17(26-5-2)18(16)27-6-3)23-19(24)22-14-8-12(20)7-13(21)9-14/h7-11H,4-6H2,1-3H3,(H2,22,23,24). The summed E-state index contributed by atoms with van der Waals surface area (Å²) in [4.78, 5) is 12.3. The van der Waals surface area contributed by atoms with Gasteiger partial charge in [0.05, 0.1) is 25.5 Å². The minimum absolute atomic E-state index is 0.427. The van der Waals surface area contributed by atoms with Crippen molar-refractivity contribution in [1.82, 2.24) is 0 Å². The maximum atomic E-state index is 12.3. The van der Waals surface area contributed by atoms with Gasteiger partial charge < -0.3 is 24.8 Å². The van der Waals surface area contributed by atoms with Crippen molar-refractivity contribution in [2.24, 2.45) is 0 Å². The fourth-order valence-electron chi connectivity index (χ4n) is 2.38. The van der Waals surface area contributed by atoms with Crippen LogP contribution in [-0.2, 0) is 0 Å². The Morgan fingerprint density at radius 2 is 1.22 bits per heavy atom. The smallest absolute Gasteiger partial charge is 0.323 e. The van der Waals surface area contributed by atoms with E-state index >= 15 is 0 Å². The third kappa shape index (κ3) is 6.12. The quantitative estimate of drug-likeness (QED) is 0.571. The van der Waals surface area contributed by atoms with Crippen LogP contribution < -0.4 is 24.8 Å². The summed E-state index contributed by atoms with van der Waals surface area (Å²) in [5.41, 5.74) is 0.974. The minimum atomic E-state index is -0.456. The van der Waals surface area contributed by atoms with Gasteiger partial charge in [-0.3, -0.25) is 0 Å². The second-order valence-electron chi connectivity index (χ2n) is 5.34. The van der Waals surface area contributed by atoms with Gasteiger partial charge in [-0.15, -0.1) is 0 Å². The van der Waals surface area contributed by atoms with Crippen LogP contribution in [0, 0.1) is 0 Å². The first-order valence-electron chi connectivity index (χ1n) is 8.57. The van der Waals surface area contributed by atoms with Gasteiger partial charge in [-0.2, -0.15) is 0 Å². The molecule has 0 aliphatic rings. The van der Waals surface area contributed by atoms with Gasteiger partial charge in [0.25, 0.3) is 0 Å². The Hall–Kier alpha value is -2.31. The molecule has 6 nitrogen and oxygen atoms in total. The van der Waals surface area contributed by atoms with E-state index in [0.717, 1.165) is 0 Å². The lowest BCUT2D eigenvalue weighted by molar-refractivity contribution is 0.260. The van der Waals surface area contributed by atoms with E-state index in [1.807, 2.05) is 20.8 Å². The Bertz CT molecular complexity index is 752. The largest absolute Gasteiger partial charge is 0.490 e. The van der Waals surface area contributed by atoms with Crippen molar-refractivity contribution in [3.63, 3.8) is 0 Å². The van der Waals surface area contributed by atoms with Crippen LogP contribution in [0.1, 0.15) is 20.8 Å². The number of carbonyl (C=O) groups excluding carboxylic acids is 1. The van der Waals surface area contributed by atoms with Crippen LogP contribution >= 0.6 is 23.2 Å². The average molecular weight is 413 g/mol. The number of amides is 2. The zero-order valence-corrected chi connectivity index (χ0v) is 16.9. The molecule has 0 heterocycles. The maximum Gasteiger partial charge on any atom is 0.323 e. The molecule has 0 fully saturated rings. The number of hydrogen-bond acceptors (Lipinski definition) is 4. The van der Waals surface area contributed by atoms with E-state index in [9.17, 15) is 4.79 Å². The maximum absolute atomic E-state index is 12.3. The van der Waals surface area contributed by atoms with Crippen molar-refractivity contribution >= 4 is 40.6 Å². The van der Waals surface area contributed by atoms with Gasteiger partial charge in [0, 0.05) is 27.9 Å². The molecule has 0 saturated carbocycles. The van der Waals surface area contributed by atoms with Gasteiger partial charge in [0.1, 0.15) is 0 Å². The van der Waals surface area contributed by atoms with Crippen molar-refractivity contribution < 1.29 is 19.0 Å². The molecule has 2 rings (SSSR count). The summed E-state index contributed by atoms with van der Waals surface area (Å²) in [5, 5.41) is 6.28. The molecule has 0 aliphatic heterocycles. The Balaban J connectivity index is 2.24. The topological polar surface area (TPSA) is 68.8 Å². The molecule has 2 aromatic rings. The van der Waals surface area contributed by atoms with Crippen molar-refractivity contribution in [2.45, 2.75) is 20.8 Å². The molecule has 0 aliphatic carbocycles. The number of urea groups is 1. The first kappa shape index (κ1) is 21.0. The summed E-state index contributed by atoms with van der Waals surface area (Å²) in [6.45, 7) is 6.96. The van der Waals surface area contributed by atoms with E-state index in [0.29, 0.717) is 58.5 Å². The first-order chi connectivity index (χ1) is 13.0. The molecule has 0 spiro atoms. The number of halogens is 2.